The zero-order valence-corrected chi connectivity index (χ0v) is 12.7. The average Bonchev–Trinajstić information content (AvgIpc) is 2.50. The zero-order valence-electron chi connectivity index (χ0n) is 12.7. The molecule has 1 aromatic heterocycles. The van der Waals surface area contributed by atoms with E-state index < -0.39 is 0 Å². The molecule has 110 valence electrons. The molecule has 3 heteroatoms. The van der Waals surface area contributed by atoms with Gasteiger partial charge in [0.05, 0.1) is 0 Å². The molecule has 0 atom stereocenters. The van der Waals surface area contributed by atoms with Gasteiger partial charge in [0.15, 0.2) is 0 Å². The molecule has 0 aliphatic heterocycles. The Morgan fingerprint density at radius 1 is 1.10 bits per heavy atom. The van der Waals surface area contributed by atoms with E-state index >= 15 is 0 Å². The van der Waals surface area contributed by atoms with E-state index in [1.165, 1.54) is 62.6 Å². The van der Waals surface area contributed by atoms with Gasteiger partial charge in [-0.15, -0.1) is 0 Å². The smallest absolute Gasteiger partial charge is 0.133 e. The van der Waals surface area contributed by atoms with Crippen molar-refractivity contribution in [3.05, 3.63) is 17.6 Å². The molecule has 0 saturated heterocycles. The van der Waals surface area contributed by atoms with Crippen molar-refractivity contribution in [2.75, 3.05) is 5.32 Å². The van der Waals surface area contributed by atoms with Crippen LogP contribution in [0, 0.1) is 5.92 Å². The molecule has 1 N–H and O–H groups in total. The lowest BCUT2D eigenvalue weighted by Crippen LogP contribution is -2.27. The molecule has 3 nitrogen and oxygen atoms in total. The maximum Gasteiger partial charge on any atom is 0.133 e. The van der Waals surface area contributed by atoms with E-state index in [0.717, 1.165) is 24.6 Å². The highest BCUT2D eigenvalue weighted by atomic mass is 15.0. The number of anilines is 1. The number of aromatic nitrogens is 2. The van der Waals surface area contributed by atoms with E-state index in [1.807, 2.05) is 0 Å². The maximum atomic E-state index is 4.52. The summed E-state index contributed by atoms with van der Waals surface area (Å²) in [5, 5.41) is 3.72. The number of nitrogens with one attached hydrogen (secondary N) is 1. The van der Waals surface area contributed by atoms with Gasteiger partial charge in [-0.25, -0.2) is 9.97 Å². The van der Waals surface area contributed by atoms with Gasteiger partial charge < -0.3 is 5.32 Å². The van der Waals surface area contributed by atoms with Crippen LogP contribution in [0.2, 0.25) is 0 Å². The van der Waals surface area contributed by atoms with Gasteiger partial charge in [0.25, 0.3) is 0 Å². The molecule has 20 heavy (non-hydrogen) atoms. The van der Waals surface area contributed by atoms with Crippen molar-refractivity contribution in [2.24, 2.45) is 5.92 Å². The first-order valence-electron chi connectivity index (χ1n) is 8.46. The van der Waals surface area contributed by atoms with Crippen LogP contribution in [0.15, 0.2) is 6.33 Å². The first-order valence-corrected chi connectivity index (χ1v) is 8.46. The highest BCUT2D eigenvalue weighted by molar-refractivity contribution is 5.47. The summed E-state index contributed by atoms with van der Waals surface area (Å²) in [6.07, 6.45) is 14.8. The Labute approximate surface area is 122 Å². The van der Waals surface area contributed by atoms with Crippen LogP contribution in [0.25, 0.3) is 0 Å². The molecule has 1 aromatic rings. The fourth-order valence-corrected chi connectivity index (χ4v) is 3.84. The van der Waals surface area contributed by atoms with Gasteiger partial charge in [-0.2, -0.15) is 0 Å². The van der Waals surface area contributed by atoms with Crippen LogP contribution in [0.3, 0.4) is 0 Å². The Hall–Kier alpha value is -1.12. The Morgan fingerprint density at radius 3 is 2.70 bits per heavy atom. The van der Waals surface area contributed by atoms with E-state index in [1.54, 1.807) is 6.33 Å². The highest BCUT2D eigenvalue weighted by Crippen LogP contribution is 2.31. The van der Waals surface area contributed by atoms with Crippen LogP contribution in [0.5, 0.6) is 0 Å². The number of nitrogens with zero attached hydrogens (tertiary/aromatic N) is 2. The van der Waals surface area contributed by atoms with Crippen LogP contribution in [-0.4, -0.2) is 16.0 Å². The summed E-state index contributed by atoms with van der Waals surface area (Å²) >= 11 is 0. The summed E-state index contributed by atoms with van der Waals surface area (Å²) in [7, 11) is 0. The third-order valence-corrected chi connectivity index (χ3v) is 5.01. The molecular formula is C17H27N3. The lowest BCUT2D eigenvalue weighted by molar-refractivity contribution is 0.318. The summed E-state index contributed by atoms with van der Waals surface area (Å²) in [4.78, 5) is 8.98. The molecular weight excluding hydrogens is 246 g/mol. The molecule has 0 spiro atoms. The number of rotatable bonds is 4. The second-order valence-corrected chi connectivity index (χ2v) is 6.51. The average molecular weight is 273 g/mol. The van der Waals surface area contributed by atoms with Crippen molar-refractivity contribution in [3.8, 4) is 0 Å². The van der Waals surface area contributed by atoms with Gasteiger partial charge in [-0.05, 0) is 57.3 Å². The summed E-state index contributed by atoms with van der Waals surface area (Å²) in [5.41, 5.74) is 2.68. The Balaban J connectivity index is 1.61. The van der Waals surface area contributed by atoms with E-state index in [2.05, 4.69) is 22.2 Å². The van der Waals surface area contributed by atoms with Crippen LogP contribution in [-0.2, 0) is 12.8 Å². The van der Waals surface area contributed by atoms with Gasteiger partial charge in [0.1, 0.15) is 12.1 Å². The van der Waals surface area contributed by atoms with Crippen LogP contribution in [0.1, 0.15) is 69.5 Å². The molecule has 0 aromatic carbocycles. The first kappa shape index (κ1) is 13.8. The van der Waals surface area contributed by atoms with Gasteiger partial charge in [-0.1, -0.05) is 19.8 Å². The Kier molecular flexibility index (Phi) is 4.54. The van der Waals surface area contributed by atoms with E-state index in [9.17, 15) is 0 Å². The predicted octanol–water partition coefficient (Wildman–Crippen LogP) is 4.13. The van der Waals surface area contributed by atoms with E-state index in [0.29, 0.717) is 6.04 Å². The number of hydrogen-bond acceptors (Lipinski definition) is 3. The SMILES string of the molecule is CCCC1CCC(Nc2ncnc3c2CCCC3)CC1. The minimum atomic E-state index is 0.629. The maximum absolute atomic E-state index is 4.52. The molecule has 1 fully saturated rings. The van der Waals surface area contributed by atoms with Gasteiger partial charge in [0, 0.05) is 17.3 Å². The second-order valence-electron chi connectivity index (χ2n) is 6.51. The van der Waals surface area contributed by atoms with E-state index in [4.69, 9.17) is 0 Å². The van der Waals surface area contributed by atoms with Crippen molar-refractivity contribution in [3.63, 3.8) is 0 Å². The topological polar surface area (TPSA) is 37.8 Å². The van der Waals surface area contributed by atoms with Crippen molar-refractivity contribution >= 4 is 5.82 Å². The van der Waals surface area contributed by atoms with E-state index in [-0.39, 0.29) is 0 Å². The summed E-state index contributed by atoms with van der Waals surface area (Å²) in [6.45, 7) is 2.30. The van der Waals surface area contributed by atoms with Gasteiger partial charge in [-0.3, -0.25) is 0 Å². The molecule has 2 aliphatic rings. The van der Waals surface area contributed by atoms with Crippen molar-refractivity contribution < 1.29 is 0 Å². The molecule has 1 saturated carbocycles. The van der Waals surface area contributed by atoms with Crippen molar-refractivity contribution in [1.29, 1.82) is 0 Å². The zero-order chi connectivity index (χ0) is 13.8. The lowest BCUT2D eigenvalue weighted by atomic mass is 9.83. The van der Waals surface area contributed by atoms with Crippen LogP contribution < -0.4 is 5.32 Å². The fraction of sp³-hybridized carbons (Fsp3) is 0.765. The molecule has 0 radical (unpaired) electrons. The predicted molar refractivity (Wildman–Crippen MR) is 83.0 cm³/mol. The van der Waals surface area contributed by atoms with Crippen LogP contribution >= 0.6 is 0 Å². The summed E-state index contributed by atoms with van der Waals surface area (Å²) < 4.78 is 0. The molecule has 1 heterocycles. The molecule has 0 amide bonds. The molecule has 0 unspecified atom stereocenters. The van der Waals surface area contributed by atoms with Gasteiger partial charge in [0.2, 0.25) is 0 Å². The van der Waals surface area contributed by atoms with Crippen LogP contribution in [0.4, 0.5) is 5.82 Å². The largest absolute Gasteiger partial charge is 0.367 e. The monoisotopic (exact) mass is 273 g/mol. The minimum Gasteiger partial charge on any atom is -0.367 e. The number of aryl methyl sites for hydroxylation is 1. The highest BCUT2D eigenvalue weighted by Gasteiger charge is 2.22. The third-order valence-electron chi connectivity index (χ3n) is 5.01. The molecule has 3 rings (SSSR count). The number of hydrogen-bond donors (Lipinski definition) is 1. The quantitative estimate of drug-likeness (QED) is 0.896. The summed E-state index contributed by atoms with van der Waals surface area (Å²) in [6, 6.07) is 0.629. The van der Waals surface area contributed by atoms with Gasteiger partial charge >= 0.3 is 0 Å². The van der Waals surface area contributed by atoms with Crippen molar-refractivity contribution in [2.45, 2.75) is 77.2 Å². The van der Waals surface area contributed by atoms with Crippen molar-refractivity contribution in [1.82, 2.24) is 9.97 Å². The second kappa shape index (κ2) is 6.55. The first-order chi connectivity index (χ1) is 9.86. The Bertz CT molecular complexity index is 436. The third kappa shape index (κ3) is 3.13. The minimum absolute atomic E-state index is 0.629. The number of fused-ring (bicyclic) bond motifs is 1. The fourth-order valence-electron chi connectivity index (χ4n) is 3.84. The Morgan fingerprint density at radius 2 is 1.90 bits per heavy atom. The summed E-state index contributed by atoms with van der Waals surface area (Å²) in [5.74, 6) is 2.10. The molecule has 2 aliphatic carbocycles. The normalized spacial score (nSPS) is 26.1. The lowest BCUT2D eigenvalue weighted by Gasteiger charge is -2.30. The standard InChI is InChI=1S/C17H27N3/c1-2-5-13-8-10-14(11-9-13)20-17-15-6-3-4-7-16(15)18-12-19-17/h12-14H,2-11H2,1H3,(H,18,19,20). The molecule has 0 bridgehead atoms.